The lowest BCUT2D eigenvalue weighted by atomic mass is 10.00. The number of ether oxygens (including phenoxy) is 1. The van der Waals surface area contributed by atoms with Crippen LogP contribution in [0.3, 0.4) is 0 Å². The fraction of sp³-hybridized carbons (Fsp3) is 0.267. The van der Waals surface area contributed by atoms with E-state index in [4.69, 9.17) is 4.74 Å². The Labute approximate surface area is 111 Å². The molecule has 1 aliphatic heterocycles. The molecule has 0 N–H and O–H groups in total. The normalized spacial score (nSPS) is 13.5. The minimum atomic E-state index is 0.0413. The summed E-state index contributed by atoms with van der Waals surface area (Å²) in [6.07, 6.45) is 5.51. The van der Waals surface area contributed by atoms with E-state index in [0.29, 0.717) is 11.4 Å². The highest BCUT2D eigenvalue weighted by Gasteiger charge is 2.14. The second kappa shape index (κ2) is 5.18. The lowest BCUT2D eigenvalue weighted by molar-refractivity contribution is 0.0990. The van der Waals surface area contributed by atoms with Crippen LogP contribution in [0.4, 0.5) is 0 Å². The molecule has 1 aromatic heterocycles. The van der Waals surface area contributed by atoms with Crippen LogP contribution >= 0.6 is 0 Å². The molecule has 1 aromatic carbocycles. The Morgan fingerprint density at radius 2 is 2.11 bits per heavy atom. The van der Waals surface area contributed by atoms with Gasteiger partial charge in [-0.2, -0.15) is 0 Å². The van der Waals surface area contributed by atoms with Crippen molar-refractivity contribution in [3.05, 3.63) is 53.6 Å². The predicted octanol–water partition coefficient (Wildman–Crippen LogP) is 2.23. The summed E-state index contributed by atoms with van der Waals surface area (Å²) in [4.78, 5) is 20.3. The van der Waals surface area contributed by atoms with Crippen LogP contribution in [0, 0.1) is 0 Å². The first kappa shape index (κ1) is 11.8. The van der Waals surface area contributed by atoms with Crippen LogP contribution in [-0.2, 0) is 12.8 Å². The summed E-state index contributed by atoms with van der Waals surface area (Å²) in [5.74, 6) is 1.50. The number of ketones is 1. The maximum absolute atomic E-state index is 12.2. The van der Waals surface area contributed by atoms with Crippen molar-refractivity contribution in [2.75, 3.05) is 6.61 Å². The predicted molar refractivity (Wildman–Crippen MR) is 70.3 cm³/mol. The van der Waals surface area contributed by atoms with Gasteiger partial charge < -0.3 is 4.74 Å². The van der Waals surface area contributed by atoms with Gasteiger partial charge >= 0.3 is 0 Å². The van der Waals surface area contributed by atoms with Gasteiger partial charge in [-0.3, -0.25) is 4.79 Å². The topological polar surface area (TPSA) is 52.1 Å². The quantitative estimate of drug-likeness (QED) is 0.788. The van der Waals surface area contributed by atoms with Gasteiger partial charge in [0.1, 0.15) is 11.6 Å². The van der Waals surface area contributed by atoms with Crippen LogP contribution in [0.1, 0.15) is 28.2 Å². The largest absolute Gasteiger partial charge is 0.493 e. The van der Waals surface area contributed by atoms with Gasteiger partial charge in [0, 0.05) is 18.0 Å². The molecule has 0 spiro atoms. The molecule has 0 saturated heterocycles. The molecule has 3 rings (SSSR count). The van der Waals surface area contributed by atoms with Crippen LogP contribution < -0.4 is 4.74 Å². The molecular weight excluding hydrogens is 240 g/mol. The zero-order valence-electron chi connectivity index (χ0n) is 10.5. The summed E-state index contributed by atoms with van der Waals surface area (Å²) in [6, 6.07) is 7.37. The number of Topliss-reactive ketones (excluding diaryl/α,β-unsaturated/α-hetero) is 1. The van der Waals surface area contributed by atoms with Crippen LogP contribution in [0.2, 0.25) is 0 Å². The first-order valence-electron chi connectivity index (χ1n) is 6.38. The molecule has 0 aliphatic carbocycles. The molecule has 4 nitrogen and oxygen atoms in total. The highest BCUT2D eigenvalue weighted by Crippen LogP contribution is 2.25. The molecule has 2 aromatic rings. The third-order valence-corrected chi connectivity index (χ3v) is 3.17. The summed E-state index contributed by atoms with van der Waals surface area (Å²) in [5.41, 5.74) is 1.82. The molecule has 0 saturated carbocycles. The molecule has 0 fully saturated rings. The molecule has 2 heterocycles. The molecule has 0 bridgehead atoms. The van der Waals surface area contributed by atoms with Gasteiger partial charge in [0.25, 0.3) is 0 Å². The van der Waals surface area contributed by atoms with Crippen molar-refractivity contribution in [2.45, 2.75) is 19.3 Å². The van der Waals surface area contributed by atoms with Crippen LogP contribution in [0.5, 0.6) is 5.75 Å². The Morgan fingerprint density at radius 3 is 2.95 bits per heavy atom. The number of aryl methyl sites for hydroxylation is 1. The van der Waals surface area contributed by atoms with E-state index in [1.54, 1.807) is 18.5 Å². The molecular formula is C15H14N2O2. The van der Waals surface area contributed by atoms with E-state index >= 15 is 0 Å². The first-order valence-corrected chi connectivity index (χ1v) is 6.38. The first-order chi connectivity index (χ1) is 9.33. The molecule has 4 heteroatoms. The summed E-state index contributed by atoms with van der Waals surface area (Å²) >= 11 is 0. The Morgan fingerprint density at radius 1 is 1.26 bits per heavy atom. The van der Waals surface area contributed by atoms with Crippen molar-refractivity contribution < 1.29 is 9.53 Å². The van der Waals surface area contributed by atoms with E-state index in [1.165, 1.54) is 0 Å². The summed E-state index contributed by atoms with van der Waals surface area (Å²) in [6.45, 7) is 0.762. The maximum atomic E-state index is 12.2. The molecule has 0 amide bonds. The monoisotopic (exact) mass is 254 g/mol. The van der Waals surface area contributed by atoms with E-state index in [1.807, 2.05) is 18.2 Å². The van der Waals surface area contributed by atoms with E-state index in [2.05, 4.69) is 9.97 Å². The number of carbonyl (C=O) groups is 1. The van der Waals surface area contributed by atoms with Crippen molar-refractivity contribution in [2.24, 2.45) is 0 Å². The van der Waals surface area contributed by atoms with Crippen molar-refractivity contribution >= 4 is 5.78 Å². The second-order valence-electron chi connectivity index (χ2n) is 4.54. The molecule has 0 atom stereocenters. The SMILES string of the molecule is O=C(Cc1ncccn1)c1ccc2c(c1)CCCO2. The van der Waals surface area contributed by atoms with E-state index < -0.39 is 0 Å². The van der Waals surface area contributed by atoms with Crippen LogP contribution in [0.15, 0.2) is 36.7 Å². The number of hydrogen-bond acceptors (Lipinski definition) is 4. The van der Waals surface area contributed by atoms with Gasteiger partial charge in [0.05, 0.1) is 13.0 Å². The number of benzene rings is 1. The highest BCUT2D eigenvalue weighted by molar-refractivity contribution is 5.97. The fourth-order valence-electron chi connectivity index (χ4n) is 2.20. The number of hydrogen-bond donors (Lipinski definition) is 0. The average Bonchev–Trinajstić information content (AvgIpc) is 2.48. The van der Waals surface area contributed by atoms with Crippen molar-refractivity contribution in [1.29, 1.82) is 0 Å². The maximum Gasteiger partial charge on any atom is 0.170 e. The number of fused-ring (bicyclic) bond motifs is 1. The lowest BCUT2D eigenvalue weighted by Crippen LogP contribution is -2.11. The summed E-state index contributed by atoms with van der Waals surface area (Å²) < 4.78 is 5.54. The number of carbonyl (C=O) groups excluding carboxylic acids is 1. The van der Waals surface area contributed by atoms with Gasteiger partial charge in [-0.05, 0) is 42.7 Å². The summed E-state index contributed by atoms with van der Waals surface area (Å²) in [7, 11) is 0. The van der Waals surface area contributed by atoms with Crippen LogP contribution in [0.25, 0.3) is 0 Å². The zero-order valence-corrected chi connectivity index (χ0v) is 10.5. The third-order valence-electron chi connectivity index (χ3n) is 3.17. The van der Waals surface area contributed by atoms with E-state index in [0.717, 1.165) is 30.8 Å². The zero-order chi connectivity index (χ0) is 13.1. The van der Waals surface area contributed by atoms with Gasteiger partial charge in [-0.25, -0.2) is 9.97 Å². The Bertz CT molecular complexity index is 596. The van der Waals surface area contributed by atoms with Gasteiger partial charge in [-0.15, -0.1) is 0 Å². The third kappa shape index (κ3) is 2.62. The van der Waals surface area contributed by atoms with Gasteiger partial charge in [0.15, 0.2) is 5.78 Å². The van der Waals surface area contributed by atoms with Crippen molar-refractivity contribution in [3.8, 4) is 5.75 Å². The highest BCUT2D eigenvalue weighted by atomic mass is 16.5. The van der Waals surface area contributed by atoms with E-state index in [9.17, 15) is 4.79 Å². The van der Waals surface area contributed by atoms with Crippen LogP contribution in [-0.4, -0.2) is 22.4 Å². The van der Waals surface area contributed by atoms with Gasteiger partial charge in [-0.1, -0.05) is 0 Å². The molecule has 19 heavy (non-hydrogen) atoms. The minimum absolute atomic E-state index is 0.0413. The van der Waals surface area contributed by atoms with E-state index in [-0.39, 0.29) is 12.2 Å². The number of aromatic nitrogens is 2. The summed E-state index contributed by atoms with van der Waals surface area (Å²) in [5, 5.41) is 0. The molecule has 0 unspecified atom stereocenters. The van der Waals surface area contributed by atoms with Crippen molar-refractivity contribution in [3.63, 3.8) is 0 Å². The Kier molecular flexibility index (Phi) is 3.23. The average molecular weight is 254 g/mol. The Hall–Kier alpha value is -2.23. The molecule has 96 valence electrons. The second-order valence-corrected chi connectivity index (χ2v) is 4.54. The standard InChI is InChI=1S/C15H14N2O2/c18-13(10-15-16-6-2-7-17-15)11-4-5-14-12(9-11)3-1-8-19-14/h2,4-7,9H,1,3,8,10H2. The minimum Gasteiger partial charge on any atom is -0.493 e. The number of rotatable bonds is 3. The lowest BCUT2D eigenvalue weighted by Gasteiger charge is -2.17. The molecule has 1 aliphatic rings. The molecule has 0 radical (unpaired) electrons. The fourth-order valence-corrected chi connectivity index (χ4v) is 2.20. The van der Waals surface area contributed by atoms with Crippen molar-refractivity contribution in [1.82, 2.24) is 9.97 Å². The smallest absolute Gasteiger partial charge is 0.170 e. The number of nitrogens with zero attached hydrogens (tertiary/aromatic N) is 2. The van der Waals surface area contributed by atoms with Gasteiger partial charge in [0.2, 0.25) is 0 Å². The Balaban J connectivity index is 1.80.